The van der Waals surface area contributed by atoms with Gasteiger partial charge in [-0.2, -0.15) is 0 Å². The summed E-state index contributed by atoms with van der Waals surface area (Å²) in [5.41, 5.74) is 8.21. The molecule has 4 nitrogen and oxygen atoms in total. The largest absolute Gasteiger partial charge is 0.462 e. The summed E-state index contributed by atoms with van der Waals surface area (Å²) in [4.78, 5) is 24.9. The van der Waals surface area contributed by atoms with E-state index in [4.69, 9.17) is 10.5 Å². The summed E-state index contributed by atoms with van der Waals surface area (Å²) in [5.74, 6) is 1.23. The van der Waals surface area contributed by atoms with Gasteiger partial charge in [-0.15, -0.1) is 0 Å². The van der Waals surface area contributed by atoms with Crippen molar-refractivity contribution in [3.05, 3.63) is 11.6 Å². The van der Waals surface area contributed by atoms with E-state index in [1.807, 2.05) is 0 Å². The molecule has 0 radical (unpaired) electrons. The summed E-state index contributed by atoms with van der Waals surface area (Å²) >= 11 is 0. The van der Waals surface area contributed by atoms with Gasteiger partial charge in [-0.05, 0) is 104 Å². The molecule has 4 heteroatoms. The molecule has 0 aromatic carbocycles. The minimum absolute atomic E-state index is 0.0121. The van der Waals surface area contributed by atoms with E-state index < -0.39 is 0 Å². The summed E-state index contributed by atoms with van der Waals surface area (Å²) < 4.78 is 5.88. The third-order valence-corrected chi connectivity index (χ3v) is 13.4. The number of nitrogens with two attached hydrogens (primary N) is 1. The van der Waals surface area contributed by atoms with Crippen LogP contribution in [0, 0.1) is 50.2 Å². The predicted octanol–water partition coefficient (Wildman–Crippen LogP) is 7.21. The van der Waals surface area contributed by atoms with Crippen molar-refractivity contribution >= 4 is 11.9 Å². The van der Waals surface area contributed by atoms with Gasteiger partial charge in [0.05, 0.1) is 5.41 Å². The predicted molar refractivity (Wildman–Crippen MR) is 144 cm³/mol. The van der Waals surface area contributed by atoms with Crippen LogP contribution < -0.4 is 5.73 Å². The molecule has 0 saturated heterocycles. The molecule has 0 unspecified atom stereocenters. The molecule has 0 spiro atoms. The molecule has 8 atom stereocenters. The van der Waals surface area contributed by atoms with Crippen LogP contribution in [0.25, 0.3) is 0 Å². The van der Waals surface area contributed by atoms with Crippen molar-refractivity contribution < 1.29 is 14.3 Å². The molecule has 0 bridgehead atoms. The second-order valence-corrected chi connectivity index (χ2v) is 15.7. The SMILES string of the molecule is CC(=O)O[C@H]1CC[C@]2(C)[C@H]3CC=C4[C@@H]5CC(C)(C)CC[C@]5(C(N)=O)CC[C@@]4(C)[C@]3(C)CC[C@H]2C1(C)C. The molecule has 4 saturated carbocycles. The van der Waals surface area contributed by atoms with Crippen molar-refractivity contribution in [2.45, 2.75) is 126 Å². The number of hydrogen-bond donors (Lipinski definition) is 1. The summed E-state index contributed by atoms with van der Waals surface area (Å²) in [6.07, 6.45) is 13.3. The highest BCUT2D eigenvalue weighted by atomic mass is 16.5. The van der Waals surface area contributed by atoms with Crippen LogP contribution in [-0.4, -0.2) is 18.0 Å². The molecule has 5 rings (SSSR count). The number of rotatable bonds is 2. The summed E-state index contributed by atoms with van der Waals surface area (Å²) in [6.45, 7) is 18.7. The highest BCUT2D eigenvalue weighted by Gasteiger charge is 2.69. The lowest BCUT2D eigenvalue weighted by Gasteiger charge is -2.71. The van der Waals surface area contributed by atoms with Gasteiger partial charge in [-0.25, -0.2) is 0 Å². The van der Waals surface area contributed by atoms with Gasteiger partial charge in [0, 0.05) is 12.3 Å². The molecule has 4 fully saturated rings. The van der Waals surface area contributed by atoms with E-state index in [1.165, 1.54) is 12.8 Å². The zero-order chi connectivity index (χ0) is 26.5. The van der Waals surface area contributed by atoms with E-state index in [2.05, 4.69) is 54.5 Å². The molecular formula is C32H51NO3. The molecular weight excluding hydrogens is 446 g/mol. The van der Waals surface area contributed by atoms with Crippen molar-refractivity contribution in [2.75, 3.05) is 0 Å². The number of fused-ring (bicyclic) bond motifs is 7. The minimum Gasteiger partial charge on any atom is -0.462 e. The fraction of sp³-hybridized carbons (Fsp3) is 0.875. The Morgan fingerprint density at radius 3 is 2.19 bits per heavy atom. The normalized spacial score (nSPS) is 48.8. The van der Waals surface area contributed by atoms with Crippen molar-refractivity contribution in [2.24, 2.45) is 56.0 Å². The van der Waals surface area contributed by atoms with E-state index >= 15 is 0 Å². The number of carbonyl (C=O) groups excluding carboxylic acids is 2. The zero-order valence-corrected chi connectivity index (χ0v) is 24.3. The molecule has 5 aliphatic carbocycles. The third kappa shape index (κ3) is 3.30. The monoisotopic (exact) mass is 497 g/mol. The molecule has 0 heterocycles. The number of esters is 1. The van der Waals surface area contributed by atoms with Crippen molar-refractivity contribution in [1.29, 1.82) is 0 Å². The second-order valence-electron chi connectivity index (χ2n) is 15.7. The van der Waals surface area contributed by atoms with Crippen molar-refractivity contribution in [1.82, 2.24) is 0 Å². The Labute approximate surface area is 219 Å². The highest BCUT2D eigenvalue weighted by Crippen LogP contribution is 2.75. The third-order valence-electron chi connectivity index (χ3n) is 13.4. The van der Waals surface area contributed by atoms with Crippen LogP contribution in [0.5, 0.6) is 0 Å². The van der Waals surface area contributed by atoms with Gasteiger partial charge in [-0.1, -0.05) is 60.1 Å². The van der Waals surface area contributed by atoms with E-state index in [1.54, 1.807) is 12.5 Å². The molecule has 2 N–H and O–H groups in total. The van der Waals surface area contributed by atoms with Gasteiger partial charge < -0.3 is 10.5 Å². The van der Waals surface area contributed by atoms with Crippen LogP contribution in [-0.2, 0) is 14.3 Å². The number of carbonyl (C=O) groups is 2. The maximum atomic E-state index is 13.0. The van der Waals surface area contributed by atoms with Crippen LogP contribution in [0.1, 0.15) is 120 Å². The smallest absolute Gasteiger partial charge is 0.302 e. The molecule has 36 heavy (non-hydrogen) atoms. The number of amides is 1. The first-order valence-corrected chi connectivity index (χ1v) is 14.7. The number of primary amides is 1. The highest BCUT2D eigenvalue weighted by molar-refractivity contribution is 5.82. The van der Waals surface area contributed by atoms with Gasteiger partial charge in [0.15, 0.2) is 0 Å². The van der Waals surface area contributed by atoms with Gasteiger partial charge >= 0.3 is 5.97 Å². The van der Waals surface area contributed by atoms with Crippen LogP contribution in [0.3, 0.4) is 0 Å². The van der Waals surface area contributed by atoms with E-state index in [-0.39, 0.29) is 56.4 Å². The Balaban J connectivity index is 1.55. The standard InChI is InChI=1S/C32H51NO3/c1-20(34)36-25-12-13-29(6)23(28(25,4)5)11-14-31(8)24(29)10-9-21-22-19-27(2,3)15-17-32(22,26(33)35)18-16-30(21,31)7/h9,22-25H,10-19H2,1-8H3,(H2,33,35)/t22-,23-,24+,25-,29-,30+,31+,32-/m0/s1. The van der Waals surface area contributed by atoms with Crippen LogP contribution >= 0.6 is 0 Å². The lowest BCUT2D eigenvalue weighted by atomic mass is 9.33. The first-order valence-electron chi connectivity index (χ1n) is 14.7. The fourth-order valence-corrected chi connectivity index (χ4v) is 11.1. The molecule has 1 amide bonds. The fourth-order valence-electron chi connectivity index (χ4n) is 11.1. The lowest BCUT2D eigenvalue weighted by Crippen LogP contribution is -2.65. The van der Waals surface area contributed by atoms with Crippen LogP contribution in [0.4, 0.5) is 0 Å². The van der Waals surface area contributed by atoms with Gasteiger partial charge in [-0.3, -0.25) is 9.59 Å². The Morgan fingerprint density at radius 1 is 0.889 bits per heavy atom. The first-order chi connectivity index (χ1) is 16.5. The molecule has 5 aliphatic rings. The summed E-state index contributed by atoms with van der Waals surface area (Å²) in [7, 11) is 0. The van der Waals surface area contributed by atoms with E-state index in [0.29, 0.717) is 11.8 Å². The van der Waals surface area contributed by atoms with Crippen LogP contribution in [0.15, 0.2) is 11.6 Å². The average Bonchev–Trinajstić information content (AvgIpc) is 2.75. The Bertz CT molecular complexity index is 995. The topological polar surface area (TPSA) is 69.4 Å². The average molecular weight is 498 g/mol. The molecule has 202 valence electrons. The Morgan fingerprint density at radius 2 is 1.56 bits per heavy atom. The molecule has 0 aromatic heterocycles. The minimum atomic E-state index is -0.352. The Hall–Kier alpha value is -1.32. The lowest BCUT2D eigenvalue weighted by molar-refractivity contribution is -0.212. The van der Waals surface area contributed by atoms with Gasteiger partial charge in [0.2, 0.25) is 5.91 Å². The Kier molecular flexibility index (Phi) is 5.74. The number of allylic oxidation sites excluding steroid dienone is 2. The maximum Gasteiger partial charge on any atom is 0.302 e. The van der Waals surface area contributed by atoms with Gasteiger partial charge in [0.25, 0.3) is 0 Å². The number of ether oxygens (including phenoxy) is 1. The van der Waals surface area contributed by atoms with E-state index in [0.717, 1.165) is 51.4 Å². The molecule has 0 aromatic rings. The summed E-state index contributed by atoms with van der Waals surface area (Å²) in [6, 6.07) is 0. The van der Waals surface area contributed by atoms with Crippen molar-refractivity contribution in [3.63, 3.8) is 0 Å². The number of hydrogen-bond acceptors (Lipinski definition) is 3. The van der Waals surface area contributed by atoms with Crippen molar-refractivity contribution in [3.8, 4) is 0 Å². The maximum absolute atomic E-state index is 13.0. The van der Waals surface area contributed by atoms with Crippen LogP contribution in [0.2, 0.25) is 0 Å². The zero-order valence-electron chi connectivity index (χ0n) is 24.3. The van der Waals surface area contributed by atoms with E-state index in [9.17, 15) is 9.59 Å². The summed E-state index contributed by atoms with van der Waals surface area (Å²) in [5, 5.41) is 0. The molecule has 0 aliphatic heterocycles. The quantitative estimate of drug-likeness (QED) is 0.324. The first kappa shape index (κ1) is 26.3. The second kappa shape index (κ2) is 7.85. The van der Waals surface area contributed by atoms with Gasteiger partial charge in [0.1, 0.15) is 6.10 Å².